The molecule has 44 heavy (non-hydrogen) atoms. The van der Waals surface area contributed by atoms with Gasteiger partial charge in [-0.3, -0.25) is 4.79 Å². The van der Waals surface area contributed by atoms with Crippen LogP contribution in [-0.2, 0) is 12.8 Å². The first kappa shape index (κ1) is 28.7. The number of ether oxygens (including phenoxy) is 2. The van der Waals surface area contributed by atoms with Crippen molar-refractivity contribution in [2.45, 2.75) is 19.7 Å². The maximum Gasteiger partial charge on any atom is 0.416 e. The average Bonchev–Trinajstić information content (AvgIpc) is 3.03. The Kier molecular flexibility index (Phi) is 7.85. The van der Waals surface area contributed by atoms with Crippen LogP contribution < -0.4 is 15.0 Å². The van der Waals surface area contributed by atoms with Gasteiger partial charge in [-0.2, -0.15) is 22.9 Å². The molecule has 0 aliphatic rings. The fraction of sp³-hybridized carbons (Fsp3) is 0.114. The lowest BCUT2D eigenvalue weighted by molar-refractivity contribution is -0.137. The highest BCUT2D eigenvalue weighted by molar-refractivity contribution is 5.86. The third kappa shape index (κ3) is 5.89. The zero-order valence-corrected chi connectivity index (χ0v) is 23.6. The summed E-state index contributed by atoms with van der Waals surface area (Å²) in [6.07, 6.45) is -3.12. The van der Waals surface area contributed by atoms with E-state index in [1.54, 1.807) is 42.5 Å². The molecule has 220 valence electrons. The van der Waals surface area contributed by atoms with Crippen LogP contribution in [-0.4, -0.2) is 22.5 Å². The van der Waals surface area contributed by atoms with Gasteiger partial charge in [0, 0.05) is 5.56 Å². The number of nitrogens with zero attached hydrogens (tertiary/aromatic N) is 3. The van der Waals surface area contributed by atoms with Crippen molar-refractivity contribution in [2.75, 3.05) is 6.61 Å². The van der Waals surface area contributed by atoms with Gasteiger partial charge in [-0.25, -0.2) is 4.98 Å². The molecule has 0 unspecified atom stereocenters. The molecule has 0 saturated carbocycles. The lowest BCUT2D eigenvalue weighted by Crippen LogP contribution is -2.20. The van der Waals surface area contributed by atoms with Gasteiger partial charge in [0.2, 0.25) is 0 Å². The molecule has 6 aromatic rings. The van der Waals surface area contributed by atoms with Crippen molar-refractivity contribution < 1.29 is 22.6 Å². The van der Waals surface area contributed by atoms with E-state index >= 15 is 0 Å². The minimum absolute atomic E-state index is 0.0175. The maximum absolute atomic E-state index is 13.5. The van der Waals surface area contributed by atoms with Crippen LogP contribution in [0.4, 0.5) is 13.2 Å². The smallest absolute Gasteiger partial charge is 0.416 e. The molecule has 0 saturated heterocycles. The van der Waals surface area contributed by atoms with Crippen molar-refractivity contribution in [3.05, 3.63) is 136 Å². The first-order valence-corrected chi connectivity index (χ1v) is 13.9. The average molecular weight is 594 g/mol. The Morgan fingerprint density at radius 1 is 0.818 bits per heavy atom. The zero-order chi connectivity index (χ0) is 30.7. The molecule has 0 radical (unpaired) electrons. The largest absolute Gasteiger partial charge is 0.490 e. The third-order valence-corrected chi connectivity index (χ3v) is 7.05. The van der Waals surface area contributed by atoms with Crippen LogP contribution in [0.3, 0.4) is 0 Å². The molecule has 6 rings (SSSR count). The molecule has 1 heterocycles. The van der Waals surface area contributed by atoms with Crippen molar-refractivity contribution in [2.24, 2.45) is 5.10 Å². The summed E-state index contributed by atoms with van der Waals surface area (Å²) in [5.74, 6) is 1.00. The van der Waals surface area contributed by atoms with E-state index in [9.17, 15) is 18.0 Å². The van der Waals surface area contributed by atoms with Crippen LogP contribution in [0.1, 0.15) is 23.6 Å². The predicted octanol–water partition coefficient (Wildman–Crippen LogP) is 8.10. The van der Waals surface area contributed by atoms with Gasteiger partial charge in [-0.1, -0.05) is 66.7 Å². The van der Waals surface area contributed by atoms with E-state index in [4.69, 9.17) is 9.47 Å². The van der Waals surface area contributed by atoms with Gasteiger partial charge < -0.3 is 9.47 Å². The maximum atomic E-state index is 13.5. The predicted molar refractivity (Wildman–Crippen MR) is 165 cm³/mol. The highest BCUT2D eigenvalue weighted by Crippen LogP contribution is 2.32. The van der Waals surface area contributed by atoms with E-state index in [1.165, 1.54) is 18.3 Å². The molecule has 0 N–H and O–H groups in total. The van der Waals surface area contributed by atoms with E-state index in [2.05, 4.69) is 10.1 Å². The zero-order valence-electron chi connectivity index (χ0n) is 23.6. The number of rotatable bonds is 8. The fourth-order valence-electron chi connectivity index (χ4n) is 4.94. The Balaban J connectivity index is 1.36. The lowest BCUT2D eigenvalue weighted by Gasteiger charge is -2.14. The summed E-state index contributed by atoms with van der Waals surface area (Å²) in [4.78, 5) is 18.0. The van der Waals surface area contributed by atoms with Gasteiger partial charge in [0.05, 0.1) is 29.3 Å². The summed E-state index contributed by atoms with van der Waals surface area (Å²) in [6.45, 7) is 2.57. The van der Waals surface area contributed by atoms with Gasteiger partial charge in [0.1, 0.15) is 6.61 Å². The Morgan fingerprint density at radius 3 is 2.39 bits per heavy atom. The van der Waals surface area contributed by atoms with Crippen LogP contribution >= 0.6 is 0 Å². The first-order chi connectivity index (χ1) is 21.3. The Labute approximate surface area is 250 Å². The molecule has 5 aromatic carbocycles. The van der Waals surface area contributed by atoms with Crippen LogP contribution in [0.5, 0.6) is 11.5 Å². The molecule has 0 aliphatic heterocycles. The van der Waals surface area contributed by atoms with Crippen molar-refractivity contribution in [3.63, 3.8) is 0 Å². The van der Waals surface area contributed by atoms with E-state index in [0.29, 0.717) is 35.8 Å². The minimum Gasteiger partial charge on any atom is -0.490 e. The van der Waals surface area contributed by atoms with Gasteiger partial charge >= 0.3 is 6.18 Å². The Bertz CT molecular complexity index is 2060. The minimum atomic E-state index is -4.56. The fourth-order valence-corrected chi connectivity index (χ4v) is 4.94. The number of hydrogen-bond donors (Lipinski definition) is 0. The summed E-state index contributed by atoms with van der Waals surface area (Å²) >= 11 is 0. The lowest BCUT2D eigenvalue weighted by atomic mass is 10.1. The molecule has 6 nitrogen and oxygen atoms in total. The number of para-hydroxylation sites is 1. The summed E-state index contributed by atoms with van der Waals surface area (Å²) in [7, 11) is 0. The van der Waals surface area contributed by atoms with E-state index in [1.807, 2.05) is 49.4 Å². The van der Waals surface area contributed by atoms with Crippen molar-refractivity contribution in [1.82, 2.24) is 9.66 Å². The number of hydrogen-bond acceptors (Lipinski definition) is 5. The second-order valence-electron chi connectivity index (χ2n) is 9.96. The third-order valence-electron chi connectivity index (χ3n) is 7.05. The van der Waals surface area contributed by atoms with E-state index in [0.717, 1.165) is 33.1 Å². The van der Waals surface area contributed by atoms with Gasteiger partial charge in [0.15, 0.2) is 17.3 Å². The molecular formula is C35H26F3N3O3. The highest BCUT2D eigenvalue weighted by atomic mass is 19.4. The van der Waals surface area contributed by atoms with Gasteiger partial charge in [0.25, 0.3) is 5.56 Å². The van der Waals surface area contributed by atoms with Crippen LogP contribution in [0.15, 0.2) is 119 Å². The monoisotopic (exact) mass is 593 g/mol. The number of aromatic nitrogens is 2. The summed E-state index contributed by atoms with van der Waals surface area (Å²) in [5, 5.41) is 6.90. The molecule has 1 aromatic heterocycles. The molecule has 0 fully saturated rings. The summed E-state index contributed by atoms with van der Waals surface area (Å²) in [6, 6.07) is 30.7. The molecule has 0 bridgehead atoms. The summed E-state index contributed by atoms with van der Waals surface area (Å²) in [5.41, 5.74) is 0.699. The number of alkyl halides is 3. The first-order valence-electron chi connectivity index (χ1n) is 13.9. The van der Waals surface area contributed by atoms with Gasteiger partial charge in [-0.05, 0) is 71.3 Å². The second-order valence-corrected chi connectivity index (χ2v) is 9.96. The van der Waals surface area contributed by atoms with Crippen LogP contribution in [0, 0.1) is 0 Å². The molecular weight excluding hydrogens is 567 g/mol. The van der Waals surface area contributed by atoms with Crippen molar-refractivity contribution in [1.29, 1.82) is 0 Å². The molecule has 0 atom stereocenters. The number of benzene rings is 5. The van der Waals surface area contributed by atoms with E-state index < -0.39 is 17.3 Å². The molecule has 0 spiro atoms. The van der Waals surface area contributed by atoms with Gasteiger partial charge in [-0.15, -0.1) is 0 Å². The van der Waals surface area contributed by atoms with Crippen LogP contribution in [0.2, 0.25) is 0 Å². The normalized spacial score (nSPS) is 11.8. The SMILES string of the molecule is CCOc1cc(C=Nn2c(-c3cccc(C(F)(F)F)c3)nc3ccccc3c2=O)ccc1OCc1cccc2ccccc12. The van der Waals surface area contributed by atoms with Crippen molar-refractivity contribution in [3.8, 4) is 22.9 Å². The van der Waals surface area contributed by atoms with Crippen LogP contribution in [0.25, 0.3) is 33.1 Å². The molecule has 9 heteroatoms. The molecule has 0 amide bonds. The summed E-state index contributed by atoms with van der Waals surface area (Å²) < 4.78 is 53.5. The van der Waals surface area contributed by atoms with E-state index in [-0.39, 0.29) is 16.8 Å². The standard InChI is InChI=1S/C35H26F3N3O3/c1-2-43-32-19-23(17-18-31(32)44-22-26-12-7-10-24-9-3-4-14-28(24)26)21-39-41-33(25-11-8-13-27(20-25)35(36,37)38)40-30-16-6-5-15-29(30)34(41)42/h3-21H,2,22H2,1H3. The molecule has 0 aliphatic carbocycles. The highest BCUT2D eigenvalue weighted by Gasteiger charge is 2.31. The second kappa shape index (κ2) is 12.0. The topological polar surface area (TPSA) is 65.7 Å². The number of halogens is 3. The quantitative estimate of drug-likeness (QED) is 0.167. The Morgan fingerprint density at radius 2 is 1.57 bits per heavy atom. The number of fused-ring (bicyclic) bond motifs is 2. The van der Waals surface area contributed by atoms with Crippen molar-refractivity contribution >= 4 is 27.9 Å². The Hall–Kier alpha value is -5.44.